The zero-order chi connectivity index (χ0) is 15.0. The second-order valence-electron chi connectivity index (χ2n) is 5.08. The van der Waals surface area contributed by atoms with Crippen LogP contribution in [-0.2, 0) is 4.74 Å². The molecule has 0 bridgehead atoms. The summed E-state index contributed by atoms with van der Waals surface area (Å²) in [6.07, 6.45) is 3.76. The third kappa shape index (κ3) is 2.45. The Kier molecular flexibility index (Phi) is 3.73. The van der Waals surface area contributed by atoms with Crippen molar-refractivity contribution in [3.63, 3.8) is 0 Å². The summed E-state index contributed by atoms with van der Waals surface area (Å²) < 4.78 is 7.72. The van der Waals surface area contributed by atoms with Crippen LogP contribution >= 0.6 is 11.6 Å². The van der Waals surface area contributed by atoms with Crippen LogP contribution in [0.25, 0.3) is 11.0 Å². The number of carboxylic acid groups (broad SMARTS) is 1. The quantitative estimate of drug-likeness (QED) is 0.922. The number of aromatic nitrogens is 2. The molecule has 1 aliphatic rings. The lowest BCUT2D eigenvalue weighted by atomic mass is 10.2. The number of halogens is 1. The molecule has 1 saturated heterocycles. The summed E-state index contributed by atoms with van der Waals surface area (Å²) in [6.45, 7) is 0.748. The normalized spacial score (nSPS) is 18.9. The molecule has 1 atom stereocenters. The molecule has 1 aromatic carbocycles. The highest BCUT2D eigenvalue weighted by Crippen LogP contribution is 2.34. The molecular formula is C14H16ClN3O3. The highest BCUT2D eigenvalue weighted by Gasteiger charge is 2.21. The fraction of sp³-hybridized carbons (Fsp3) is 0.429. The zero-order valence-electron chi connectivity index (χ0n) is 11.6. The van der Waals surface area contributed by atoms with E-state index in [0.29, 0.717) is 16.2 Å². The first kappa shape index (κ1) is 14.2. The summed E-state index contributed by atoms with van der Waals surface area (Å²) in [6, 6.07) is 3.53. The van der Waals surface area contributed by atoms with Crippen molar-refractivity contribution in [2.45, 2.75) is 25.5 Å². The molecule has 1 N–H and O–H groups in total. The van der Waals surface area contributed by atoms with Crippen LogP contribution in [0.3, 0.4) is 0 Å². The predicted octanol–water partition coefficient (Wildman–Crippen LogP) is 3.50. The average molecular weight is 310 g/mol. The smallest absolute Gasteiger partial charge is 0.411 e. The molecule has 21 heavy (non-hydrogen) atoms. The third-order valence-electron chi connectivity index (χ3n) is 3.78. The molecule has 1 fully saturated rings. The van der Waals surface area contributed by atoms with E-state index in [1.54, 1.807) is 12.4 Å². The Bertz CT molecular complexity index is 679. The second kappa shape index (κ2) is 5.54. The molecule has 3 rings (SSSR count). The first-order valence-corrected chi connectivity index (χ1v) is 7.20. The Balaban J connectivity index is 2.04. The van der Waals surface area contributed by atoms with Gasteiger partial charge in [0, 0.05) is 13.7 Å². The van der Waals surface area contributed by atoms with Crippen molar-refractivity contribution in [3.8, 4) is 0 Å². The highest BCUT2D eigenvalue weighted by atomic mass is 35.5. The van der Waals surface area contributed by atoms with E-state index in [1.165, 1.54) is 7.05 Å². The van der Waals surface area contributed by atoms with Crippen molar-refractivity contribution >= 4 is 34.4 Å². The first-order chi connectivity index (χ1) is 10.1. The fourth-order valence-electron chi connectivity index (χ4n) is 2.59. The van der Waals surface area contributed by atoms with Gasteiger partial charge in [0.1, 0.15) is 11.7 Å². The van der Waals surface area contributed by atoms with Gasteiger partial charge < -0.3 is 14.4 Å². The van der Waals surface area contributed by atoms with Gasteiger partial charge in [-0.05, 0) is 31.4 Å². The molecule has 112 valence electrons. The van der Waals surface area contributed by atoms with Gasteiger partial charge in [-0.1, -0.05) is 11.6 Å². The Morgan fingerprint density at radius 1 is 1.52 bits per heavy atom. The van der Waals surface area contributed by atoms with Crippen LogP contribution in [0, 0.1) is 0 Å². The van der Waals surface area contributed by atoms with E-state index in [9.17, 15) is 4.79 Å². The minimum Gasteiger partial charge on any atom is -0.465 e. The van der Waals surface area contributed by atoms with Crippen molar-refractivity contribution in [2.24, 2.45) is 0 Å². The Labute approximate surface area is 126 Å². The number of benzene rings is 1. The second-order valence-corrected chi connectivity index (χ2v) is 5.46. The van der Waals surface area contributed by atoms with Crippen molar-refractivity contribution in [3.05, 3.63) is 23.5 Å². The fourth-order valence-corrected chi connectivity index (χ4v) is 2.93. The molecule has 1 aromatic heterocycles. The van der Waals surface area contributed by atoms with Gasteiger partial charge in [-0.15, -0.1) is 0 Å². The molecule has 1 unspecified atom stereocenters. The molecule has 2 heterocycles. The number of anilines is 1. The molecule has 1 aliphatic heterocycles. The van der Waals surface area contributed by atoms with Gasteiger partial charge in [-0.2, -0.15) is 0 Å². The van der Waals surface area contributed by atoms with Gasteiger partial charge in [-0.25, -0.2) is 9.78 Å². The number of fused-ring (bicyclic) bond motifs is 1. The van der Waals surface area contributed by atoms with Crippen LogP contribution in [0.2, 0.25) is 5.02 Å². The van der Waals surface area contributed by atoms with Crippen LogP contribution in [0.5, 0.6) is 0 Å². The SMILES string of the molecule is CN(C(=O)O)c1ccc2c(ncn2C2CCCCO2)c1Cl. The lowest BCUT2D eigenvalue weighted by Crippen LogP contribution is -2.24. The van der Waals surface area contributed by atoms with Crippen molar-refractivity contribution < 1.29 is 14.6 Å². The number of hydrogen-bond acceptors (Lipinski definition) is 3. The number of carbonyl (C=O) groups is 1. The number of rotatable bonds is 2. The van der Waals surface area contributed by atoms with E-state index in [2.05, 4.69) is 4.98 Å². The van der Waals surface area contributed by atoms with E-state index in [-0.39, 0.29) is 6.23 Å². The average Bonchev–Trinajstić information content (AvgIpc) is 2.92. The highest BCUT2D eigenvalue weighted by molar-refractivity contribution is 6.38. The molecule has 7 heteroatoms. The summed E-state index contributed by atoms with van der Waals surface area (Å²) in [7, 11) is 1.45. The van der Waals surface area contributed by atoms with Crippen molar-refractivity contribution in [1.82, 2.24) is 9.55 Å². The summed E-state index contributed by atoms with van der Waals surface area (Å²) in [4.78, 5) is 16.5. The molecule has 0 radical (unpaired) electrons. The third-order valence-corrected chi connectivity index (χ3v) is 4.15. The Hall–Kier alpha value is -1.79. The zero-order valence-corrected chi connectivity index (χ0v) is 12.4. The topological polar surface area (TPSA) is 67.6 Å². The summed E-state index contributed by atoms with van der Waals surface area (Å²) in [5.74, 6) is 0. The number of imidazole rings is 1. The maximum absolute atomic E-state index is 11.1. The van der Waals surface area contributed by atoms with Crippen LogP contribution in [0.4, 0.5) is 10.5 Å². The molecular weight excluding hydrogens is 294 g/mol. The maximum Gasteiger partial charge on any atom is 0.411 e. The number of nitrogens with zero attached hydrogens (tertiary/aromatic N) is 3. The lowest BCUT2D eigenvalue weighted by Gasteiger charge is -2.24. The van der Waals surface area contributed by atoms with Gasteiger partial charge in [0.25, 0.3) is 0 Å². The molecule has 0 saturated carbocycles. The van der Waals surface area contributed by atoms with Crippen molar-refractivity contribution in [1.29, 1.82) is 0 Å². The van der Waals surface area contributed by atoms with Crippen LogP contribution in [0.15, 0.2) is 18.5 Å². The Morgan fingerprint density at radius 2 is 2.33 bits per heavy atom. The standard InChI is InChI=1S/C14H16ClN3O3/c1-17(14(19)20)9-5-6-10-13(12(9)15)16-8-18(10)11-4-2-3-7-21-11/h5-6,8,11H,2-4,7H2,1H3,(H,19,20). The largest absolute Gasteiger partial charge is 0.465 e. The van der Waals surface area contributed by atoms with E-state index in [4.69, 9.17) is 21.4 Å². The van der Waals surface area contributed by atoms with Crippen LogP contribution < -0.4 is 4.90 Å². The minimum absolute atomic E-state index is 0.0251. The van der Waals surface area contributed by atoms with E-state index in [0.717, 1.165) is 36.3 Å². The summed E-state index contributed by atoms with van der Waals surface area (Å²) in [5.41, 5.74) is 1.87. The molecule has 1 amide bonds. The van der Waals surface area contributed by atoms with Crippen LogP contribution in [-0.4, -0.2) is 34.4 Å². The van der Waals surface area contributed by atoms with Gasteiger partial charge in [-0.3, -0.25) is 4.90 Å². The molecule has 0 aliphatic carbocycles. The first-order valence-electron chi connectivity index (χ1n) is 6.83. The summed E-state index contributed by atoms with van der Waals surface area (Å²) in [5, 5.41) is 9.40. The van der Waals surface area contributed by atoms with E-state index in [1.807, 2.05) is 10.6 Å². The molecule has 0 spiro atoms. The van der Waals surface area contributed by atoms with E-state index < -0.39 is 6.09 Å². The monoisotopic (exact) mass is 309 g/mol. The van der Waals surface area contributed by atoms with E-state index >= 15 is 0 Å². The van der Waals surface area contributed by atoms with Crippen LogP contribution in [0.1, 0.15) is 25.5 Å². The predicted molar refractivity (Wildman–Crippen MR) is 80.0 cm³/mol. The van der Waals surface area contributed by atoms with Gasteiger partial charge in [0.05, 0.1) is 22.6 Å². The number of ether oxygens (including phenoxy) is 1. The minimum atomic E-state index is -1.06. The van der Waals surface area contributed by atoms with Crippen molar-refractivity contribution in [2.75, 3.05) is 18.6 Å². The Morgan fingerprint density at radius 3 is 3.00 bits per heavy atom. The molecule has 6 nitrogen and oxygen atoms in total. The number of amides is 1. The summed E-state index contributed by atoms with van der Waals surface area (Å²) >= 11 is 6.31. The van der Waals surface area contributed by atoms with Gasteiger partial charge >= 0.3 is 6.09 Å². The van der Waals surface area contributed by atoms with Gasteiger partial charge in [0.15, 0.2) is 0 Å². The number of hydrogen-bond donors (Lipinski definition) is 1. The lowest BCUT2D eigenvalue weighted by molar-refractivity contribution is -0.0295. The molecule has 2 aromatic rings. The maximum atomic E-state index is 11.1. The van der Waals surface area contributed by atoms with Gasteiger partial charge in [0.2, 0.25) is 0 Å².